The Bertz CT molecular complexity index is 665. The lowest BCUT2D eigenvalue weighted by Gasteiger charge is -2.35. The molecule has 1 aromatic carbocycles. The molecule has 1 aliphatic heterocycles. The first-order chi connectivity index (χ1) is 10.1. The van der Waals surface area contributed by atoms with Crippen LogP contribution in [0.15, 0.2) is 28.7 Å². The fourth-order valence-corrected chi connectivity index (χ4v) is 2.84. The number of fused-ring (bicyclic) bond motifs is 1. The van der Waals surface area contributed by atoms with Gasteiger partial charge in [0.2, 0.25) is 0 Å². The molecule has 0 aliphatic carbocycles. The second-order valence-corrected chi connectivity index (χ2v) is 5.58. The molecule has 112 valence electrons. The summed E-state index contributed by atoms with van der Waals surface area (Å²) in [6.07, 6.45) is 0.623. The number of aryl methyl sites for hydroxylation is 1. The number of hydrogen-bond donors (Lipinski definition) is 1. The molecule has 21 heavy (non-hydrogen) atoms. The molecule has 0 saturated carbocycles. The number of nitrogens with zero attached hydrogens (tertiary/aromatic N) is 1. The van der Waals surface area contributed by atoms with E-state index in [1.54, 1.807) is 18.1 Å². The molecule has 3 rings (SSSR count). The summed E-state index contributed by atoms with van der Waals surface area (Å²) in [7, 11) is 1.63. The first-order valence-corrected chi connectivity index (χ1v) is 7.17. The van der Waals surface area contributed by atoms with Crippen molar-refractivity contribution in [2.75, 3.05) is 20.2 Å². The predicted octanol–water partition coefficient (Wildman–Crippen LogP) is 1.93. The number of benzene rings is 1. The highest BCUT2D eigenvalue weighted by atomic mass is 16.5. The quantitative estimate of drug-likeness (QED) is 0.916. The molecule has 2 aromatic rings. The second-order valence-electron chi connectivity index (χ2n) is 5.58. The normalized spacial score (nSPS) is 22.7. The number of para-hydroxylation sites is 1. The molecule has 0 spiro atoms. The van der Waals surface area contributed by atoms with Crippen molar-refractivity contribution in [3.8, 4) is 0 Å². The Morgan fingerprint density at radius 3 is 3.00 bits per heavy atom. The van der Waals surface area contributed by atoms with Gasteiger partial charge in [-0.2, -0.15) is 0 Å². The maximum absolute atomic E-state index is 12.6. The van der Waals surface area contributed by atoms with E-state index in [1.165, 1.54) is 0 Å². The van der Waals surface area contributed by atoms with Crippen molar-refractivity contribution in [1.29, 1.82) is 0 Å². The van der Waals surface area contributed by atoms with Gasteiger partial charge in [-0.15, -0.1) is 0 Å². The molecule has 1 aliphatic rings. The van der Waals surface area contributed by atoms with Crippen LogP contribution >= 0.6 is 0 Å². The van der Waals surface area contributed by atoms with Crippen molar-refractivity contribution >= 4 is 16.9 Å². The molecule has 1 aromatic heterocycles. The van der Waals surface area contributed by atoms with E-state index in [1.807, 2.05) is 25.1 Å². The third kappa shape index (κ3) is 2.54. The van der Waals surface area contributed by atoms with Gasteiger partial charge in [0.05, 0.1) is 6.10 Å². The third-order valence-corrected chi connectivity index (χ3v) is 4.15. The van der Waals surface area contributed by atoms with Crippen LogP contribution in [0.25, 0.3) is 11.0 Å². The number of nitrogens with two attached hydrogens (primary N) is 1. The van der Waals surface area contributed by atoms with E-state index in [-0.39, 0.29) is 18.1 Å². The Labute approximate surface area is 123 Å². The minimum atomic E-state index is -0.117. The maximum atomic E-state index is 12.6. The summed E-state index contributed by atoms with van der Waals surface area (Å²) < 4.78 is 11.1. The van der Waals surface area contributed by atoms with E-state index in [9.17, 15) is 4.79 Å². The van der Waals surface area contributed by atoms with Gasteiger partial charge in [-0.1, -0.05) is 18.2 Å². The van der Waals surface area contributed by atoms with Gasteiger partial charge in [0, 0.05) is 31.6 Å². The van der Waals surface area contributed by atoms with Gasteiger partial charge in [0.25, 0.3) is 5.91 Å². The molecule has 5 nitrogen and oxygen atoms in total. The monoisotopic (exact) mass is 288 g/mol. The average molecular weight is 288 g/mol. The third-order valence-electron chi connectivity index (χ3n) is 4.15. The zero-order valence-corrected chi connectivity index (χ0v) is 12.3. The van der Waals surface area contributed by atoms with Crippen LogP contribution in [-0.2, 0) is 4.74 Å². The Morgan fingerprint density at radius 2 is 2.29 bits per heavy atom. The Kier molecular flexibility index (Phi) is 3.69. The van der Waals surface area contributed by atoms with Crippen molar-refractivity contribution in [1.82, 2.24) is 4.90 Å². The summed E-state index contributed by atoms with van der Waals surface area (Å²) in [6, 6.07) is 7.67. The van der Waals surface area contributed by atoms with E-state index in [4.69, 9.17) is 14.9 Å². The standard InChI is InChI=1S/C16H20N2O3/c1-10-4-3-5-11-8-13(21-15(10)11)16(19)18-7-6-12(17)14(9-18)20-2/h3-5,8,12,14H,6-7,9,17H2,1-2H3/t12-,14+/m0/s1. The fraction of sp³-hybridized carbons (Fsp3) is 0.438. The van der Waals surface area contributed by atoms with Gasteiger partial charge in [0.15, 0.2) is 5.76 Å². The highest BCUT2D eigenvalue weighted by molar-refractivity contribution is 5.96. The second kappa shape index (κ2) is 5.50. The first kappa shape index (κ1) is 14.1. The zero-order chi connectivity index (χ0) is 15.0. The van der Waals surface area contributed by atoms with Crippen molar-refractivity contribution in [2.45, 2.75) is 25.5 Å². The van der Waals surface area contributed by atoms with E-state index in [2.05, 4.69) is 0 Å². The summed E-state index contributed by atoms with van der Waals surface area (Å²) in [5.74, 6) is 0.282. The van der Waals surface area contributed by atoms with Crippen LogP contribution in [0, 0.1) is 6.92 Å². The van der Waals surface area contributed by atoms with Crippen LogP contribution in [-0.4, -0.2) is 43.2 Å². The number of rotatable bonds is 2. The first-order valence-electron chi connectivity index (χ1n) is 7.17. The number of methoxy groups -OCH3 is 1. The van der Waals surface area contributed by atoms with Crippen molar-refractivity contribution in [3.05, 3.63) is 35.6 Å². The van der Waals surface area contributed by atoms with E-state index in [0.717, 1.165) is 23.0 Å². The van der Waals surface area contributed by atoms with Crippen molar-refractivity contribution in [3.63, 3.8) is 0 Å². The van der Waals surface area contributed by atoms with Gasteiger partial charge in [0.1, 0.15) is 5.58 Å². The summed E-state index contributed by atoms with van der Waals surface area (Å²) in [6.45, 7) is 3.11. The number of amides is 1. The smallest absolute Gasteiger partial charge is 0.289 e. The summed E-state index contributed by atoms with van der Waals surface area (Å²) in [5.41, 5.74) is 7.79. The molecule has 0 unspecified atom stereocenters. The number of hydrogen-bond acceptors (Lipinski definition) is 4. The number of furan rings is 1. The molecule has 2 heterocycles. The minimum Gasteiger partial charge on any atom is -0.451 e. The molecule has 5 heteroatoms. The molecule has 1 amide bonds. The van der Waals surface area contributed by atoms with Gasteiger partial charge in [-0.3, -0.25) is 4.79 Å². The summed E-state index contributed by atoms with van der Waals surface area (Å²) in [4.78, 5) is 14.3. The molecule has 1 fully saturated rings. The van der Waals surface area contributed by atoms with E-state index >= 15 is 0 Å². The molecule has 0 bridgehead atoms. The Morgan fingerprint density at radius 1 is 1.48 bits per heavy atom. The van der Waals surface area contributed by atoms with E-state index < -0.39 is 0 Å². The largest absolute Gasteiger partial charge is 0.451 e. The van der Waals surface area contributed by atoms with E-state index in [0.29, 0.717) is 18.8 Å². The Hall–Kier alpha value is -1.85. The zero-order valence-electron chi connectivity index (χ0n) is 12.3. The lowest BCUT2D eigenvalue weighted by Crippen LogP contribution is -2.53. The van der Waals surface area contributed by atoms with Gasteiger partial charge < -0.3 is 19.8 Å². The fourth-order valence-electron chi connectivity index (χ4n) is 2.84. The SMILES string of the molecule is CO[C@@H]1CN(C(=O)c2cc3cccc(C)c3o2)CC[C@@H]1N. The molecule has 2 N–H and O–H groups in total. The predicted molar refractivity (Wildman–Crippen MR) is 80.2 cm³/mol. The number of carbonyl (C=O) groups is 1. The number of piperidine rings is 1. The molecule has 2 atom stereocenters. The number of likely N-dealkylation sites (tertiary alicyclic amines) is 1. The minimum absolute atomic E-state index is 0.0167. The molecule has 1 saturated heterocycles. The lowest BCUT2D eigenvalue weighted by atomic mass is 10.0. The molecule has 0 radical (unpaired) electrons. The van der Waals surface area contributed by atoms with Gasteiger partial charge in [-0.25, -0.2) is 0 Å². The number of ether oxygens (including phenoxy) is 1. The Balaban J connectivity index is 1.85. The lowest BCUT2D eigenvalue weighted by molar-refractivity contribution is 0.0149. The van der Waals surface area contributed by atoms with Crippen LogP contribution in [0.3, 0.4) is 0 Å². The topological polar surface area (TPSA) is 68.7 Å². The average Bonchev–Trinajstić information content (AvgIpc) is 2.92. The van der Waals surface area contributed by atoms with Gasteiger partial charge in [-0.05, 0) is 25.0 Å². The van der Waals surface area contributed by atoms with Crippen LogP contribution in [0.1, 0.15) is 22.5 Å². The summed E-state index contributed by atoms with van der Waals surface area (Å²) >= 11 is 0. The van der Waals surface area contributed by atoms with Gasteiger partial charge >= 0.3 is 0 Å². The van der Waals surface area contributed by atoms with Crippen LogP contribution in [0.4, 0.5) is 0 Å². The van der Waals surface area contributed by atoms with Crippen LogP contribution in [0.5, 0.6) is 0 Å². The molecular formula is C16H20N2O3. The highest BCUT2D eigenvalue weighted by Crippen LogP contribution is 2.24. The maximum Gasteiger partial charge on any atom is 0.289 e. The number of carbonyl (C=O) groups excluding carboxylic acids is 1. The highest BCUT2D eigenvalue weighted by Gasteiger charge is 2.31. The van der Waals surface area contributed by atoms with Crippen LogP contribution < -0.4 is 5.73 Å². The molecular weight excluding hydrogens is 268 g/mol. The van der Waals surface area contributed by atoms with Crippen molar-refractivity contribution < 1.29 is 13.9 Å². The summed E-state index contributed by atoms with van der Waals surface area (Å²) in [5, 5.41) is 0.954. The van der Waals surface area contributed by atoms with Crippen molar-refractivity contribution in [2.24, 2.45) is 5.73 Å². The van der Waals surface area contributed by atoms with Crippen LogP contribution in [0.2, 0.25) is 0 Å².